The number of nitrogens with zero attached hydrogens (tertiary/aromatic N) is 1. The molecule has 1 aliphatic rings. The van der Waals surface area contributed by atoms with E-state index < -0.39 is 0 Å². The van der Waals surface area contributed by atoms with Crippen LogP contribution in [0.2, 0.25) is 0 Å². The second-order valence-corrected chi connectivity index (χ2v) is 5.20. The Kier molecular flexibility index (Phi) is 4.27. The van der Waals surface area contributed by atoms with Gasteiger partial charge >= 0.3 is 5.97 Å². The van der Waals surface area contributed by atoms with Gasteiger partial charge in [-0.1, -0.05) is 0 Å². The van der Waals surface area contributed by atoms with Crippen molar-refractivity contribution < 1.29 is 19.1 Å². The zero-order valence-corrected chi connectivity index (χ0v) is 11.7. The van der Waals surface area contributed by atoms with Crippen LogP contribution in [0.3, 0.4) is 0 Å². The second-order valence-electron chi connectivity index (χ2n) is 5.20. The number of esters is 1. The summed E-state index contributed by atoms with van der Waals surface area (Å²) in [6.45, 7) is 6.08. The molecular formula is C14H21NO4. The third kappa shape index (κ3) is 3.16. The van der Waals surface area contributed by atoms with E-state index in [0.29, 0.717) is 23.8 Å². The number of ether oxygens (including phenoxy) is 1. The van der Waals surface area contributed by atoms with Gasteiger partial charge in [-0.3, -0.25) is 4.90 Å². The van der Waals surface area contributed by atoms with Crippen LogP contribution in [0.15, 0.2) is 10.5 Å². The molecule has 5 nitrogen and oxygen atoms in total. The molecule has 1 N–H and O–H groups in total. The van der Waals surface area contributed by atoms with E-state index in [-0.39, 0.29) is 12.1 Å². The lowest BCUT2D eigenvalue weighted by Gasteiger charge is -2.15. The van der Waals surface area contributed by atoms with Gasteiger partial charge in [0.15, 0.2) is 0 Å². The predicted octanol–water partition coefficient (Wildman–Crippen LogP) is 1.58. The molecule has 2 rings (SSSR count). The lowest BCUT2D eigenvalue weighted by Crippen LogP contribution is -2.23. The summed E-state index contributed by atoms with van der Waals surface area (Å²) in [6, 6.07) is 1.75. The highest BCUT2D eigenvalue weighted by Gasteiger charge is 2.27. The van der Waals surface area contributed by atoms with Crippen molar-refractivity contribution in [2.45, 2.75) is 32.9 Å². The van der Waals surface area contributed by atoms with Gasteiger partial charge in [0.1, 0.15) is 17.1 Å². The minimum atomic E-state index is -0.365. The smallest absolute Gasteiger partial charge is 0.341 e. The fourth-order valence-corrected chi connectivity index (χ4v) is 2.55. The van der Waals surface area contributed by atoms with E-state index in [0.717, 1.165) is 25.3 Å². The number of carbonyl (C=O) groups excluding carboxylic acids is 1. The first-order valence-electron chi connectivity index (χ1n) is 6.59. The number of hydrogen-bond donors (Lipinski definition) is 1. The number of likely N-dealkylation sites (tertiary alicyclic amines) is 1. The Morgan fingerprint density at radius 3 is 3.00 bits per heavy atom. The standard InChI is InChI=1S/C14H21NO4/c1-9(16)11-4-5-15(7-11)8-12-6-13(10(2)19-12)14(17)18-3/h6,9,11,16H,4-5,7-8H2,1-3H3. The Morgan fingerprint density at radius 1 is 1.68 bits per heavy atom. The van der Waals surface area contributed by atoms with Crippen molar-refractivity contribution in [2.75, 3.05) is 20.2 Å². The zero-order valence-electron chi connectivity index (χ0n) is 11.7. The molecule has 2 heterocycles. The Hall–Kier alpha value is -1.33. The Labute approximate surface area is 113 Å². The predicted molar refractivity (Wildman–Crippen MR) is 69.8 cm³/mol. The Morgan fingerprint density at radius 2 is 2.42 bits per heavy atom. The third-order valence-corrected chi connectivity index (χ3v) is 3.74. The lowest BCUT2D eigenvalue weighted by molar-refractivity contribution is 0.0599. The lowest BCUT2D eigenvalue weighted by atomic mass is 10.0. The molecule has 1 aromatic heterocycles. The Balaban J connectivity index is 1.99. The zero-order chi connectivity index (χ0) is 14.0. The second kappa shape index (κ2) is 5.75. The number of aliphatic hydroxyl groups excluding tert-OH is 1. The van der Waals surface area contributed by atoms with Gasteiger partial charge in [-0.05, 0) is 38.8 Å². The van der Waals surface area contributed by atoms with Crippen LogP contribution >= 0.6 is 0 Å². The molecule has 106 valence electrons. The topological polar surface area (TPSA) is 62.9 Å². The van der Waals surface area contributed by atoms with E-state index in [2.05, 4.69) is 4.90 Å². The number of aryl methyl sites for hydroxylation is 1. The molecule has 1 aliphatic heterocycles. The molecule has 0 saturated carbocycles. The number of aliphatic hydroxyl groups is 1. The van der Waals surface area contributed by atoms with Gasteiger partial charge in [0.2, 0.25) is 0 Å². The van der Waals surface area contributed by atoms with Gasteiger partial charge in [-0.15, -0.1) is 0 Å². The average molecular weight is 267 g/mol. The molecule has 0 aromatic carbocycles. The SMILES string of the molecule is COC(=O)c1cc(CN2CCC(C(C)O)C2)oc1C. The first-order chi connectivity index (χ1) is 9.01. The molecule has 1 saturated heterocycles. The van der Waals surface area contributed by atoms with Crippen LogP contribution in [0.4, 0.5) is 0 Å². The molecule has 2 unspecified atom stereocenters. The van der Waals surface area contributed by atoms with Crippen molar-refractivity contribution in [1.82, 2.24) is 4.90 Å². The highest BCUT2D eigenvalue weighted by atomic mass is 16.5. The van der Waals surface area contributed by atoms with Crippen LogP contribution in [-0.4, -0.2) is 42.3 Å². The average Bonchev–Trinajstić information content (AvgIpc) is 2.96. The van der Waals surface area contributed by atoms with Crippen molar-refractivity contribution in [3.63, 3.8) is 0 Å². The number of methoxy groups -OCH3 is 1. The van der Waals surface area contributed by atoms with Crippen LogP contribution in [0.5, 0.6) is 0 Å². The quantitative estimate of drug-likeness (QED) is 0.839. The van der Waals surface area contributed by atoms with Gasteiger partial charge in [0.25, 0.3) is 0 Å². The molecule has 1 aromatic rings. The highest BCUT2D eigenvalue weighted by Crippen LogP contribution is 2.23. The highest BCUT2D eigenvalue weighted by molar-refractivity contribution is 5.90. The van der Waals surface area contributed by atoms with Crippen LogP contribution in [-0.2, 0) is 11.3 Å². The van der Waals surface area contributed by atoms with Crippen molar-refractivity contribution >= 4 is 5.97 Å². The van der Waals surface area contributed by atoms with E-state index in [1.807, 2.05) is 6.92 Å². The van der Waals surface area contributed by atoms with Gasteiger partial charge in [0, 0.05) is 6.54 Å². The molecule has 0 aliphatic carbocycles. The van der Waals surface area contributed by atoms with Gasteiger partial charge in [0.05, 0.1) is 19.8 Å². The molecule has 5 heteroatoms. The number of carbonyl (C=O) groups is 1. The minimum absolute atomic E-state index is 0.269. The van der Waals surface area contributed by atoms with E-state index in [9.17, 15) is 9.90 Å². The summed E-state index contributed by atoms with van der Waals surface area (Å²) < 4.78 is 10.3. The number of rotatable bonds is 4. The van der Waals surface area contributed by atoms with Crippen LogP contribution in [0, 0.1) is 12.8 Å². The molecular weight excluding hydrogens is 246 g/mol. The molecule has 0 spiro atoms. The summed E-state index contributed by atoms with van der Waals surface area (Å²) in [5.74, 6) is 1.32. The van der Waals surface area contributed by atoms with Gasteiger partial charge in [-0.25, -0.2) is 4.79 Å². The summed E-state index contributed by atoms with van der Waals surface area (Å²) in [6.07, 6.45) is 0.732. The number of furan rings is 1. The molecule has 0 amide bonds. The van der Waals surface area contributed by atoms with Crippen molar-refractivity contribution in [1.29, 1.82) is 0 Å². The summed E-state index contributed by atoms with van der Waals surface area (Å²) in [4.78, 5) is 13.7. The molecule has 0 radical (unpaired) electrons. The summed E-state index contributed by atoms with van der Waals surface area (Å²) in [5, 5.41) is 9.58. The third-order valence-electron chi connectivity index (χ3n) is 3.74. The first kappa shape index (κ1) is 14.1. The molecule has 19 heavy (non-hydrogen) atoms. The van der Waals surface area contributed by atoms with Gasteiger partial charge in [-0.2, -0.15) is 0 Å². The summed E-state index contributed by atoms with van der Waals surface area (Å²) in [7, 11) is 1.36. The van der Waals surface area contributed by atoms with Crippen molar-refractivity contribution in [3.05, 3.63) is 23.2 Å². The van der Waals surface area contributed by atoms with Crippen LogP contribution in [0.1, 0.15) is 35.2 Å². The van der Waals surface area contributed by atoms with Gasteiger partial charge < -0.3 is 14.3 Å². The van der Waals surface area contributed by atoms with E-state index in [1.165, 1.54) is 7.11 Å². The molecule has 1 fully saturated rings. The maximum atomic E-state index is 11.5. The van der Waals surface area contributed by atoms with Crippen LogP contribution < -0.4 is 0 Å². The summed E-state index contributed by atoms with van der Waals surface area (Å²) >= 11 is 0. The minimum Gasteiger partial charge on any atom is -0.465 e. The van der Waals surface area contributed by atoms with E-state index in [4.69, 9.17) is 9.15 Å². The molecule has 2 atom stereocenters. The summed E-state index contributed by atoms with van der Waals surface area (Å²) in [5.41, 5.74) is 0.490. The fourth-order valence-electron chi connectivity index (χ4n) is 2.55. The molecule has 0 bridgehead atoms. The maximum absolute atomic E-state index is 11.5. The fraction of sp³-hybridized carbons (Fsp3) is 0.643. The van der Waals surface area contributed by atoms with E-state index >= 15 is 0 Å². The monoisotopic (exact) mass is 267 g/mol. The number of hydrogen-bond acceptors (Lipinski definition) is 5. The normalized spacial score (nSPS) is 21.6. The van der Waals surface area contributed by atoms with E-state index in [1.54, 1.807) is 13.0 Å². The van der Waals surface area contributed by atoms with Crippen molar-refractivity contribution in [3.8, 4) is 0 Å². The Bertz CT molecular complexity index is 452. The van der Waals surface area contributed by atoms with Crippen LogP contribution in [0.25, 0.3) is 0 Å². The van der Waals surface area contributed by atoms with Crippen molar-refractivity contribution in [2.24, 2.45) is 5.92 Å². The largest absolute Gasteiger partial charge is 0.465 e. The first-order valence-corrected chi connectivity index (χ1v) is 6.59. The maximum Gasteiger partial charge on any atom is 0.341 e.